The highest BCUT2D eigenvalue weighted by Crippen LogP contribution is 2.25. The number of carbonyl (C=O) groups is 2. The van der Waals surface area contributed by atoms with Crippen LogP contribution < -0.4 is 0 Å². The summed E-state index contributed by atoms with van der Waals surface area (Å²) < 4.78 is 18.5. The van der Waals surface area contributed by atoms with Crippen LogP contribution in [0.1, 0.15) is 39.0 Å². The highest BCUT2D eigenvalue weighted by atomic mass is 32.2. The van der Waals surface area contributed by atoms with Crippen molar-refractivity contribution in [1.82, 2.24) is 15.2 Å². The second kappa shape index (κ2) is 7.25. The molecule has 0 aliphatic rings. The van der Waals surface area contributed by atoms with E-state index in [9.17, 15) is 14.0 Å². The summed E-state index contributed by atoms with van der Waals surface area (Å²) in [5.41, 5.74) is 2.89. The molecule has 1 N–H and O–H groups in total. The average Bonchev–Trinajstić information content (AvgIpc) is 3.18. The molecule has 0 radical (unpaired) electrons. The predicted molar refractivity (Wildman–Crippen MR) is 95.0 cm³/mol. The summed E-state index contributed by atoms with van der Waals surface area (Å²) in [4.78, 5) is 27.1. The van der Waals surface area contributed by atoms with Crippen LogP contribution in [0.25, 0.3) is 11.5 Å². The molecule has 26 heavy (non-hydrogen) atoms. The Bertz CT molecular complexity index is 976. The zero-order valence-electron chi connectivity index (χ0n) is 14.4. The van der Waals surface area contributed by atoms with E-state index in [1.807, 2.05) is 0 Å². The van der Waals surface area contributed by atoms with Gasteiger partial charge in [0.2, 0.25) is 5.89 Å². The quantitative estimate of drug-likeness (QED) is 0.519. The van der Waals surface area contributed by atoms with Gasteiger partial charge in [-0.15, -0.1) is 10.2 Å². The zero-order valence-corrected chi connectivity index (χ0v) is 15.2. The lowest BCUT2D eigenvalue weighted by Crippen LogP contribution is -2.05. The minimum absolute atomic E-state index is 0.0798. The number of aromatic nitrogens is 3. The Labute approximate surface area is 153 Å². The van der Waals surface area contributed by atoms with Gasteiger partial charge in [0.1, 0.15) is 5.82 Å². The van der Waals surface area contributed by atoms with Crippen LogP contribution in [0.2, 0.25) is 0 Å². The predicted octanol–water partition coefficient (Wildman–Crippen LogP) is 4.00. The standard InChI is InChI=1S/C18H16FN3O3S/c1-9-15(11(3)23)10(2)20-16(9)14(24)8-26-18-22-21-17(25-18)12-4-6-13(19)7-5-12/h4-7,20H,8H2,1-3H3. The second-order valence-corrected chi connectivity index (χ2v) is 6.70. The first kappa shape index (κ1) is 18.1. The average molecular weight is 373 g/mol. The van der Waals surface area contributed by atoms with Crippen molar-refractivity contribution in [3.63, 3.8) is 0 Å². The van der Waals surface area contributed by atoms with Crippen LogP contribution in [0.4, 0.5) is 4.39 Å². The summed E-state index contributed by atoms with van der Waals surface area (Å²) in [6.07, 6.45) is 0. The summed E-state index contributed by atoms with van der Waals surface area (Å²) in [5, 5.41) is 8.03. The van der Waals surface area contributed by atoms with E-state index >= 15 is 0 Å². The number of halogens is 1. The van der Waals surface area contributed by atoms with Gasteiger partial charge in [0.15, 0.2) is 11.6 Å². The van der Waals surface area contributed by atoms with Crippen molar-refractivity contribution in [2.24, 2.45) is 0 Å². The summed E-state index contributed by atoms with van der Waals surface area (Å²) in [6, 6.07) is 5.69. The van der Waals surface area contributed by atoms with Gasteiger partial charge in [0.05, 0.1) is 11.4 Å². The molecule has 0 amide bonds. The molecule has 8 heteroatoms. The molecule has 1 aromatic carbocycles. The van der Waals surface area contributed by atoms with Crippen molar-refractivity contribution in [2.45, 2.75) is 26.0 Å². The first-order valence-electron chi connectivity index (χ1n) is 7.82. The monoisotopic (exact) mass is 373 g/mol. The molecule has 3 aromatic rings. The lowest BCUT2D eigenvalue weighted by atomic mass is 10.1. The molecule has 0 aliphatic carbocycles. The summed E-state index contributed by atoms with van der Waals surface area (Å²) in [6.45, 7) is 4.99. The molecule has 2 heterocycles. The van der Waals surface area contributed by atoms with Gasteiger partial charge in [-0.3, -0.25) is 9.59 Å². The number of aryl methyl sites for hydroxylation is 1. The number of Topliss-reactive ketones (excluding diaryl/α,β-unsaturated/α-hetero) is 2. The number of carbonyl (C=O) groups excluding carboxylic acids is 2. The van der Waals surface area contributed by atoms with E-state index in [4.69, 9.17) is 4.42 Å². The second-order valence-electron chi connectivity index (χ2n) is 5.77. The number of benzene rings is 1. The van der Waals surface area contributed by atoms with Crippen LogP contribution in [0, 0.1) is 19.7 Å². The molecule has 0 saturated heterocycles. The largest absolute Gasteiger partial charge is 0.411 e. The van der Waals surface area contributed by atoms with Crippen LogP contribution in [0.5, 0.6) is 0 Å². The van der Waals surface area contributed by atoms with Gasteiger partial charge in [0, 0.05) is 16.8 Å². The Kier molecular flexibility index (Phi) is 5.03. The molecule has 0 saturated carbocycles. The van der Waals surface area contributed by atoms with Crippen molar-refractivity contribution in [1.29, 1.82) is 0 Å². The van der Waals surface area contributed by atoms with Crippen molar-refractivity contribution in [2.75, 3.05) is 5.75 Å². The van der Waals surface area contributed by atoms with Gasteiger partial charge in [-0.05, 0) is 50.6 Å². The molecule has 6 nitrogen and oxygen atoms in total. The molecule has 3 rings (SSSR count). The third-order valence-electron chi connectivity index (χ3n) is 3.89. The number of thioether (sulfide) groups is 1. The molecule has 0 unspecified atom stereocenters. The first-order valence-corrected chi connectivity index (χ1v) is 8.81. The maximum absolute atomic E-state index is 13.0. The Hall–Kier alpha value is -2.74. The molecule has 0 aliphatic heterocycles. The van der Waals surface area contributed by atoms with E-state index in [-0.39, 0.29) is 34.3 Å². The van der Waals surface area contributed by atoms with E-state index in [0.717, 1.165) is 11.8 Å². The maximum atomic E-state index is 13.0. The minimum atomic E-state index is -0.352. The van der Waals surface area contributed by atoms with Crippen LogP contribution in [0.15, 0.2) is 33.9 Å². The summed E-state index contributed by atoms with van der Waals surface area (Å²) in [7, 11) is 0. The van der Waals surface area contributed by atoms with Gasteiger partial charge in [-0.25, -0.2) is 4.39 Å². The molecule has 2 aromatic heterocycles. The number of nitrogens with zero attached hydrogens (tertiary/aromatic N) is 2. The Morgan fingerprint density at radius 3 is 2.50 bits per heavy atom. The lowest BCUT2D eigenvalue weighted by molar-refractivity contribution is 0.101. The van der Waals surface area contributed by atoms with Crippen LogP contribution in [-0.2, 0) is 0 Å². The normalized spacial score (nSPS) is 10.9. The number of hydrogen-bond acceptors (Lipinski definition) is 6. The molecule has 0 bridgehead atoms. The lowest BCUT2D eigenvalue weighted by Gasteiger charge is -1.99. The number of nitrogens with one attached hydrogen (secondary N) is 1. The van der Waals surface area contributed by atoms with Gasteiger partial charge in [0.25, 0.3) is 5.22 Å². The van der Waals surface area contributed by atoms with Crippen molar-refractivity contribution in [3.05, 3.63) is 52.6 Å². The maximum Gasteiger partial charge on any atom is 0.277 e. The van der Waals surface area contributed by atoms with Gasteiger partial charge in [-0.2, -0.15) is 0 Å². The summed E-state index contributed by atoms with van der Waals surface area (Å²) in [5.74, 6) is -0.252. The molecule has 0 fully saturated rings. The Morgan fingerprint density at radius 1 is 1.19 bits per heavy atom. The topological polar surface area (TPSA) is 88.9 Å². The van der Waals surface area contributed by atoms with Crippen LogP contribution >= 0.6 is 11.8 Å². The van der Waals surface area contributed by atoms with Crippen molar-refractivity contribution >= 4 is 23.3 Å². The van der Waals surface area contributed by atoms with E-state index in [2.05, 4.69) is 15.2 Å². The zero-order chi connectivity index (χ0) is 18.8. The van der Waals surface area contributed by atoms with Crippen LogP contribution in [-0.4, -0.2) is 32.5 Å². The first-order chi connectivity index (χ1) is 12.4. The number of H-pyrrole nitrogens is 1. The molecule has 0 spiro atoms. The number of aromatic amines is 1. The van der Waals surface area contributed by atoms with Crippen molar-refractivity contribution < 1.29 is 18.4 Å². The third-order valence-corrected chi connectivity index (χ3v) is 4.71. The smallest absolute Gasteiger partial charge is 0.277 e. The van der Waals surface area contributed by atoms with E-state index in [0.29, 0.717) is 28.1 Å². The molecular weight excluding hydrogens is 357 g/mol. The van der Waals surface area contributed by atoms with Gasteiger partial charge in [-0.1, -0.05) is 11.8 Å². The Morgan fingerprint density at radius 2 is 1.88 bits per heavy atom. The molecule has 134 valence electrons. The third kappa shape index (κ3) is 3.60. The minimum Gasteiger partial charge on any atom is -0.411 e. The number of ketones is 2. The van der Waals surface area contributed by atoms with Gasteiger partial charge >= 0.3 is 0 Å². The SMILES string of the molecule is CC(=O)c1c(C)[nH]c(C(=O)CSc2nnc(-c3ccc(F)cc3)o2)c1C. The highest BCUT2D eigenvalue weighted by molar-refractivity contribution is 7.99. The van der Waals surface area contributed by atoms with Crippen molar-refractivity contribution in [3.8, 4) is 11.5 Å². The highest BCUT2D eigenvalue weighted by Gasteiger charge is 2.20. The fraction of sp³-hybridized carbons (Fsp3) is 0.222. The van der Waals surface area contributed by atoms with Crippen LogP contribution in [0.3, 0.4) is 0 Å². The fourth-order valence-corrected chi connectivity index (χ4v) is 3.37. The van der Waals surface area contributed by atoms with Gasteiger partial charge < -0.3 is 9.40 Å². The molecule has 0 atom stereocenters. The number of hydrogen-bond donors (Lipinski definition) is 1. The number of rotatable bonds is 6. The fourth-order valence-electron chi connectivity index (χ4n) is 2.73. The van der Waals surface area contributed by atoms with E-state index in [1.54, 1.807) is 13.8 Å². The van der Waals surface area contributed by atoms with E-state index < -0.39 is 0 Å². The summed E-state index contributed by atoms with van der Waals surface area (Å²) >= 11 is 1.11. The van der Waals surface area contributed by atoms with E-state index in [1.165, 1.54) is 31.2 Å². The molecular formula is C18H16FN3O3S. The Balaban J connectivity index is 1.70.